The molecule has 0 saturated carbocycles. The molecule has 0 atom stereocenters. The van der Waals surface area contributed by atoms with Crippen LogP contribution in [0.2, 0.25) is 0 Å². The molecule has 4 rings (SSSR count). The molecule has 0 spiro atoms. The third-order valence-corrected chi connectivity index (χ3v) is 6.80. The van der Waals surface area contributed by atoms with E-state index in [9.17, 15) is 9.59 Å². The number of aromatic nitrogens is 1. The third-order valence-electron chi connectivity index (χ3n) is 6.80. The van der Waals surface area contributed by atoms with Gasteiger partial charge in [-0.3, -0.25) is 4.98 Å². The van der Waals surface area contributed by atoms with E-state index in [-0.39, 0.29) is 12.1 Å². The first-order chi connectivity index (χ1) is 18.2. The zero-order valence-electron chi connectivity index (χ0n) is 22.9. The number of piperidine rings is 1. The summed E-state index contributed by atoms with van der Waals surface area (Å²) in [4.78, 5) is 32.6. The van der Waals surface area contributed by atoms with Crippen molar-refractivity contribution in [1.82, 2.24) is 9.88 Å². The lowest BCUT2D eigenvalue weighted by molar-refractivity contribution is -0.137. The number of carbonyl (C=O) groups excluding carboxylic acids is 2. The van der Waals surface area contributed by atoms with Crippen molar-refractivity contribution in [1.29, 1.82) is 0 Å². The van der Waals surface area contributed by atoms with Crippen molar-refractivity contribution in [3.05, 3.63) is 59.4 Å². The van der Waals surface area contributed by atoms with E-state index in [1.165, 1.54) is 11.6 Å². The molecule has 0 bridgehead atoms. The van der Waals surface area contributed by atoms with Crippen LogP contribution < -0.4 is 9.64 Å². The van der Waals surface area contributed by atoms with Gasteiger partial charge in [-0.05, 0) is 88.3 Å². The molecule has 3 heterocycles. The van der Waals surface area contributed by atoms with Gasteiger partial charge >= 0.3 is 12.1 Å². The summed E-state index contributed by atoms with van der Waals surface area (Å²) in [6, 6.07) is 8.22. The summed E-state index contributed by atoms with van der Waals surface area (Å²) in [5.41, 5.74) is 3.86. The van der Waals surface area contributed by atoms with Gasteiger partial charge in [0.2, 0.25) is 0 Å². The van der Waals surface area contributed by atoms with Crippen LogP contribution in [0.3, 0.4) is 0 Å². The van der Waals surface area contributed by atoms with Gasteiger partial charge in [-0.25, -0.2) is 9.59 Å². The predicted octanol–water partition coefficient (Wildman–Crippen LogP) is 5.25. The lowest BCUT2D eigenvalue weighted by atomic mass is 9.96. The van der Waals surface area contributed by atoms with E-state index < -0.39 is 5.60 Å². The highest BCUT2D eigenvalue weighted by Crippen LogP contribution is 2.29. The second-order valence-electron chi connectivity index (χ2n) is 10.8. The lowest BCUT2D eigenvalue weighted by Gasteiger charge is -2.34. The number of nitrogens with zero attached hydrogens (tertiary/aromatic N) is 3. The average Bonchev–Trinajstić information content (AvgIpc) is 2.90. The zero-order chi connectivity index (χ0) is 27.1. The van der Waals surface area contributed by atoms with E-state index in [1.807, 2.05) is 32.9 Å². The van der Waals surface area contributed by atoms with Crippen LogP contribution >= 0.6 is 0 Å². The number of benzene rings is 1. The van der Waals surface area contributed by atoms with Gasteiger partial charge in [0.05, 0.1) is 13.2 Å². The highest BCUT2D eigenvalue weighted by Gasteiger charge is 2.26. The average molecular weight is 522 g/mol. The van der Waals surface area contributed by atoms with Crippen LogP contribution in [-0.2, 0) is 27.2 Å². The molecule has 8 nitrogen and oxygen atoms in total. The molecule has 1 amide bonds. The SMILES string of the molecule is CCOC(=O)C=Cc1cnccc1N1CCC(COc2ccc3c(c2)CN(C(=O)OC(C)(C)C)CC3)CC1. The van der Waals surface area contributed by atoms with Gasteiger partial charge in [-0.15, -0.1) is 0 Å². The summed E-state index contributed by atoms with van der Waals surface area (Å²) in [6.45, 7) is 11.5. The van der Waals surface area contributed by atoms with E-state index >= 15 is 0 Å². The molecule has 0 N–H and O–H groups in total. The molecule has 204 valence electrons. The normalized spacial score (nSPS) is 16.3. The quantitative estimate of drug-likeness (QED) is 0.364. The van der Waals surface area contributed by atoms with E-state index in [1.54, 1.807) is 30.3 Å². The number of hydrogen-bond acceptors (Lipinski definition) is 7. The molecule has 0 radical (unpaired) electrons. The molecule has 0 aliphatic carbocycles. The molecule has 0 unspecified atom stereocenters. The summed E-state index contributed by atoms with van der Waals surface area (Å²) in [7, 11) is 0. The van der Waals surface area contributed by atoms with Crippen LogP contribution in [0.4, 0.5) is 10.5 Å². The van der Waals surface area contributed by atoms with Crippen molar-refractivity contribution in [2.24, 2.45) is 5.92 Å². The van der Waals surface area contributed by atoms with Gasteiger partial charge in [0.1, 0.15) is 11.4 Å². The number of pyridine rings is 1. The van der Waals surface area contributed by atoms with Crippen LogP contribution in [0.1, 0.15) is 57.2 Å². The van der Waals surface area contributed by atoms with Gasteiger partial charge in [-0.2, -0.15) is 0 Å². The summed E-state index contributed by atoms with van der Waals surface area (Å²) in [5.74, 6) is 0.955. The van der Waals surface area contributed by atoms with Crippen molar-refractivity contribution in [2.45, 2.75) is 59.1 Å². The number of amides is 1. The van der Waals surface area contributed by atoms with Crippen LogP contribution in [0, 0.1) is 5.92 Å². The van der Waals surface area contributed by atoms with E-state index in [0.717, 1.165) is 54.9 Å². The largest absolute Gasteiger partial charge is 0.493 e. The minimum Gasteiger partial charge on any atom is -0.493 e. The van der Waals surface area contributed by atoms with Crippen molar-refractivity contribution in [3.63, 3.8) is 0 Å². The Balaban J connectivity index is 1.29. The van der Waals surface area contributed by atoms with E-state index in [2.05, 4.69) is 22.0 Å². The van der Waals surface area contributed by atoms with Crippen molar-refractivity contribution >= 4 is 23.8 Å². The standard InChI is InChI=1S/C30H39N3O5/c1-5-36-28(34)9-7-24-19-31-14-10-27(24)32-15-11-22(12-16-32)21-37-26-8-6-23-13-17-33(20-25(23)18-26)29(35)38-30(2,3)4/h6-10,14,18-19,22H,5,11-13,15-17,20-21H2,1-4H3. The molecule has 2 aliphatic rings. The monoisotopic (exact) mass is 521 g/mol. The molecule has 1 aromatic heterocycles. The topological polar surface area (TPSA) is 81.2 Å². The molecule has 1 fully saturated rings. The molecule has 1 saturated heterocycles. The predicted molar refractivity (Wildman–Crippen MR) is 147 cm³/mol. The smallest absolute Gasteiger partial charge is 0.410 e. The molecule has 38 heavy (non-hydrogen) atoms. The summed E-state index contributed by atoms with van der Waals surface area (Å²) < 4.78 is 16.8. The van der Waals surface area contributed by atoms with Gasteiger partial charge in [0, 0.05) is 55.9 Å². The Bertz CT molecular complexity index is 1150. The summed E-state index contributed by atoms with van der Waals surface area (Å²) >= 11 is 0. The van der Waals surface area contributed by atoms with E-state index in [4.69, 9.17) is 14.2 Å². The second-order valence-corrected chi connectivity index (χ2v) is 10.8. The molecule has 2 aliphatic heterocycles. The fraction of sp³-hybridized carbons (Fsp3) is 0.500. The first-order valence-electron chi connectivity index (χ1n) is 13.5. The van der Waals surface area contributed by atoms with Crippen LogP contribution in [0.15, 0.2) is 42.7 Å². The maximum Gasteiger partial charge on any atom is 0.410 e. The maximum absolute atomic E-state index is 12.5. The molecular weight excluding hydrogens is 482 g/mol. The van der Waals surface area contributed by atoms with Crippen LogP contribution in [0.5, 0.6) is 5.75 Å². The third kappa shape index (κ3) is 7.49. The first kappa shape index (κ1) is 27.5. The zero-order valence-corrected chi connectivity index (χ0v) is 22.9. The van der Waals surface area contributed by atoms with Gasteiger partial charge < -0.3 is 24.0 Å². The van der Waals surface area contributed by atoms with Gasteiger partial charge in [0.25, 0.3) is 0 Å². The highest BCUT2D eigenvalue weighted by molar-refractivity contribution is 5.88. The number of carbonyl (C=O) groups is 2. The van der Waals surface area contributed by atoms with Crippen molar-refractivity contribution in [2.75, 3.05) is 37.7 Å². The minimum atomic E-state index is -0.504. The Morgan fingerprint density at radius 2 is 1.89 bits per heavy atom. The maximum atomic E-state index is 12.5. The van der Waals surface area contributed by atoms with Crippen LogP contribution in [0.25, 0.3) is 6.08 Å². The number of esters is 1. The fourth-order valence-corrected chi connectivity index (χ4v) is 4.82. The number of rotatable bonds is 7. The van der Waals surface area contributed by atoms with Crippen LogP contribution in [-0.4, -0.2) is 60.4 Å². The minimum absolute atomic E-state index is 0.269. The number of hydrogen-bond donors (Lipinski definition) is 0. The Kier molecular flexibility index (Phi) is 8.92. The summed E-state index contributed by atoms with van der Waals surface area (Å²) in [5, 5.41) is 0. The number of ether oxygens (including phenoxy) is 3. The first-order valence-corrected chi connectivity index (χ1v) is 13.5. The molecule has 1 aromatic carbocycles. The lowest BCUT2D eigenvalue weighted by Crippen LogP contribution is -2.39. The highest BCUT2D eigenvalue weighted by atomic mass is 16.6. The number of anilines is 1. The Morgan fingerprint density at radius 1 is 1.11 bits per heavy atom. The Morgan fingerprint density at radius 3 is 2.63 bits per heavy atom. The van der Waals surface area contributed by atoms with Gasteiger partial charge in [0.15, 0.2) is 0 Å². The Hall–Kier alpha value is -3.55. The Labute approximate surface area is 225 Å². The second kappa shape index (κ2) is 12.3. The van der Waals surface area contributed by atoms with Crippen molar-refractivity contribution < 1.29 is 23.8 Å². The summed E-state index contributed by atoms with van der Waals surface area (Å²) in [6.07, 6.45) is 9.37. The van der Waals surface area contributed by atoms with Gasteiger partial charge in [-0.1, -0.05) is 6.07 Å². The number of fused-ring (bicyclic) bond motifs is 1. The fourth-order valence-electron chi connectivity index (χ4n) is 4.82. The molecule has 8 heteroatoms. The molecular formula is C30H39N3O5. The van der Waals surface area contributed by atoms with E-state index in [0.29, 0.717) is 32.2 Å². The van der Waals surface area contributed by atoms with Crippen molar-refractivity contribution in [3.8, 4) is 5.75 Å². The molecule has 2 aromatic rings.